The minimum atomic E-state index is -4.34. The van der Waals surface area contributed by atoms with Gasteiger partial charge in [-0.2, -0.15) is 22.1 Å². The van der Waals surface area contributed by atoms with E-state index in [4.69, 9.17) is 19.5 Å². The van der Waals surface area contributed by atoms with Crippen LogP contribution in [0.3, 0.4) is 0 Å². The van der Waals surface area contributed by atoms with Crippen LogP contribution in [0.15, 0.2) is 163 Å². The van der Waals surface area contributed by atoms with E-state index < -0.39 is 31.7 Å². The number of rotatable bonds is 30. The van der Waals surface area contributed by atoms with E-state index in [0.717, 1.165) is 79.4 Å². The van der Waals surface area contributed by atoms with Gasteiger partial charge in [-0.1, -0.05) is 86.2 Å². The zero-order valence-corrected chi connectivity index (χ0v) is 48.9. The molecule has 2 aromatic heterocycles. The van der Waals surface area contributed by atoms with Crippen molar-refractivity contribution in [3.8, 4) is 45.8 Å². The highest BCUT2D eigenvalue weighted by molar-refractivity contribution is 7.86. The topological polar surface area (TPSA) is 190 Å². The molecule has 0 radical (unpaired) electrons. The third-order valence-electron chi connectivity index (χ3n) is 15.4. The van der Waals surface area contributed by atoms with Crippen LogP contribution in [0.25, 0.3) is 55.5 Å². The first kappa shape index (κ1) is 60.2. The second-order valence-electron chi connectivity index (χ2n) is 21.4. The smallest absolute Gasteiger partial charge is 0.264 e. The Labute approximate surface area is 493 Å². The molecule has 0 fully saturated rings. The molecule has 2 aliphatic rings. The van der Waals surface area contributed by atoms with Gasteiger partial charge < -0.3 is 18.6 Å². The van der Waals surface area contributed by atoms with Crippen molar-refractivity contribution in [3.63, 3.8) is 0 Å². The zero-order valence-electron chi connectivity index (χ0n) is 47.3. The molecule has 4 heterocycles. The fourth-order valence-electron chi connectivity index (χ4n) is 11.3. The summed E-state index contributed by atoms with van der Waals surface area (Å²) in [5, 5.41) is 14.0. The predicted molar refractivity (Wildman–Crippen MR) is 338 cm³/mol. The largest absolute Gasteiger partial charge is 0.493 e. The molecule has 0 aliphatic carbocycles. The second-order valence-corrected chi connectivity index (χ2v) is 24.5. The monoisotopic (exact) mass is 1160 g/mol. The lowest BCUT2D eigenvalue weighted by molar-refractivity contribution is 0.225. The van der Waals surface area contributed by atoms with Crippen LogP contribution in [-0.2, 0) is 46.2 Å². The fraction of sp³-hybridized carbons (Fsp3) is 0.294. The molecule has 0 atom stereocenters. The molecule has 0 amide bonds. The van der Waals surface area contributed by atoms with Gasteiger partial charge in [0.2, 0.25) is 5.70 Å². The third-order valence-corrected chi connectivity index (χ3v) is 17.0. The highest BCUT2D eigenvalue weighted by Gasteiger charge is 2.32. The molecular formula is C68H70N6O8S2. The summed E-state index contributed by atoms with van der Waals surface area (Å²) in [7, 11) is -8.68. The van der Waals surface area contributed by atoms with Gasteiger partial charge in [0.1, 0.15) is 23.3 Å². The molecular weight excluding hydrogens is 1090 g/mol. The van der Waals surface area contributed by atoms with Gasteiger partial charge in [-0.3, -0.25) is 19.1 Å². The van der Waals surface area contributed by atoms with E-state index in [1.54, 1.807) is 6.08 Å². The quantitative estimate of drug-likeness (QED) is 0.0191. The van der Waals surface area contributed by atoms with E-state index in [0.29, 0.717) is 98.0 Å². The van der Waals surface area contributed by atoms with Crippen molar-refractivity contribution < 1.29 is 35.4 Å². The lowest BCUT2D eigenvalue weighted by Crippen LogP contribution is -2.27. The van der Waals surface area contributed by atoms with Crippen LogP contribution < -0.4 is 20.2 Å². The van der Waals surface area contributed by atoms with Crippen molar-refractivity contribution in [1.82, 2.24) is 9.13 Å². The Morgan fingerprint density at radius 2 is 1.11 bits per heavy atom. The summed E-state index contributed by atoms with van der Waals surface area (Å²) in [5.74, 6) is 1.16. The lowest BCUT2D eigenvalue weighted by atomic mass is 9.95. The summed E-state index contributed by atoms with van der Waals surface area (Å²) in [6.45, 7) is 21.7. The molecule has 2 N–H and O–H groups in total. The maximum absolute atomic E-state index is 12.3. The van der Waals surface area contributed by atoms with Crippen molar-refractivity contribution in [1.29, 1.82) is 5.26 Å². The standard InChI is InChI=1S/C68H70N6O8S2/c1-5-8-10-12-22-49(23-13-11-9-6-2)47-81-54-36-30-50(31-37-54)65-62-63(68(74(65)41-19-21-43-84(78,79)80)64(70-4)61-45-53-25-15-17-27-59(53)72-61)66(51-32-38-56(39-33-51)82-55-34-28-48(7-3)29-35-55)73(40-18-20-42-83(75,76)77)67(62)57(46-69)60-44-52-24-14-16-26-58(52)71-60/h5-7,14-17,24-39,49H,1-3,8-13,18-23,40-45,47H2,(H,75,76,77)(H,78,79,80)/b67-57-,68-64+. The Kier molecular flexibility index (Phi) is 19.9. The third kappa shape index (κ3) is 14.7. The average Bonchev–Trinajstić information content (AvgIpc) is 1.59. The van der Waals surface area contributed by atoms with Gasteiger partial charge in [0.25, 0.3) is 20.2 Å². The molecule has 14 nitrogen and oxygen atoms in total. The lowest BCUT2D eigenvalue weighted by Gasteiger charge is -2.18. The number of fused-ring (bicyclic) bond motifs is 3. The number of hydrogen-bond donors (Lipinski definition) is 2. The minimum absolute atomic E-state index is 0.0831. The number of aliphatic imine (C=N–C) groups is 2. The van der Waals surface area contributed by atoms with Gasteiger partial charge in [0, 0.05) is 36.7 Å². The molecule has 84 heavy (non-hydrogen) atoms. The van der Waals surface area contributed by atoms with E-state index >= 15 is 0 Å². The number of benzene rings is 5. The van der Waals surface area contributed by atoms with Crippen LogP contribution >= 0.6 is 0 Å². The number of allylic oxidation sites excluding steroid dienone is 2. The van der Waals surface area contributed by atoms with Gasteiger partial charge in [-0.15, -0.1) is 13.2 Å². The maximum atomic E-state index is 12.3. The van der Waals surface area contributed by atoms with Crippen LogP contribution in [0, 0.1) is 23.8 Å². The van der Waals surface area contributed by atoms with Gasteiger partial charge in [-0.25, -0.2) is 4.85 Å². The molecule has 2 aliphatic heterocycles. The number of hydrogen-bond acceptors (Lipinski definition) is 9. The van der Waals surface area contributed by atoms with Crippen LogP contribution in [0.5, 0.6) is 17.2 Å². The van der Waals surface area contributed by atoms with Crippen molar-refractivity contribution in [2.75, 3.05) is 18.1 Å². The molecule has 0 spiro atoms. The molecule has 0 saturated heterocycles. The number of aromatic nitrogens is 2. The van der Waals surface area contributed by atoms with Crippen LogP contribution in [-0.4, -0.2) is 64.6 Å². The Morgan fingerprint density at radius 3 is 1.60 bits per heavy atom. The second kappa shape index (κ2) is 27.8. The maximum Gasteiger partial charge on any atom is 0.264 e. The summed E-state index contributed by atoms with van der Waals surface area (Å²) in [6.07, 6.45) is 15.3. The molecule has 0 bridgehead atoms. The summed E-state index contributed by atoms with van der Waals surface area (Å²) < 4.78 is 86.2. The molecule has 0 saturated carbocycles. The highest BCUT2D eigenvalue weighted by atomic mass is 32.2. The fourth-order valence-corrected chi connectivity index (χ4v) is 12.5. The average molecular weight is 1160 g/mol. The normalized spacial score (nSPS) is 13.6. The Hall–Kier alpha value is -8.38. The molecule has 0 unspecified atom stereocenters. The summed E-state index contributed by atoms with van der Waals surface area (Å²) in [4.78, 5) is 14.6. The number of nitrogens with zero attached hydrogens (tertiary/aromatic N) is 6. The number of unbranched alkanes of at least 4 members (excludes halogenated alkanes) is 6. The van der Waals surface area contributed by atoms with Gasteiger partial charge in [0.15, 0.2) is 0 Å². The van der Waals surface area contributed by atoms with Crippen molar-refractivity contribution >= 4 is 71.2 Å². The van der Waals surface area contributed by atoms with Gasteiger partial charge in [-0.05, 0) is 171 Å². The summed E-state index contributed by atoms with van der Waals surface area (Å²) in [6, 6.07) is 40.9. The van der Waals surface area contributed by atoms with E-state index in [-0.39, 0.29) is 50.0 Å². The minimum Gasteiger partial charge on any atom is -0.493 e. The van der Waals surface area contributed by atoms with E-state index in [1.165, 1.54) is 0 Å². The highest BCUT2D eigenvalue weighted by Crippen LogP contribution is 2.39. The first-order chi connectivity index (χ1) is 40.7. The molecule has 7 aromatic rings. The van der Waals surface area contributed by atoms with E-state index in [9.17, 15) is 37.8 Å². The van der Waals surface area contributed by atoms with Gasteiger partial charge in [0.05, 0.1) is 75.1 Å². The Bertz CT molecular complexity index is 3990. The van der Waals surface area contributed by atoms with Gasteiger partial charge >= 0.3 is 0 Å². The van der Waals surface area contributed by atoms with Crippen LogP contribution in [0.2, 0.25) is 0 Å². The zero-order chi connectivity index (χ0) is 59.2. The molecule has 5 aromatic carbocycles. The Balaban J connectivity index is 1.35. The van der Waals surface area contributed by atoms with Crippen LogP contribution in [0.4, 0.5) is 11.4 Å². The number of para-hydroxylation sites is 2. The first-order valence-corrected chi connectivity index (χ1v) is 31.9. The molecule has 16 heteroatoms. The van der Waals surface area contributed by atoms with Crippen molar-refractivity contribution in [2.45, 2.75) is 103 Å². The predicted octanol–water partition coefficient (Wildman–Crippen LogP) is 14.4. The van der Waals surface area contributed by atoms with Crippen LogP contribution in [0.1, 0.15) is 93.7 Å². The van der Waals surface area contributed by atoms with E-state index in [1.807, 2.05) is 143 Å². The van der Waals surface area contributed by atoms with Crippen molar-refractivity contribution in [2.24, 2.45) is 15.9 Å². The summed E-state index contributed by atoms with van der Waals surface area (Å²) in [5.41, 5.74) is 8.41. The number of ether oxygens (including phenoxy) is 2. The molecule has 432 valence electrons. The Morgan fingerprint density at radius 1 is 0.631 bits per heavy atom. The molecule has 9 rings (SSSR count). The van der Waals surface area contributed by atoms with Crippen molar-refractivity contribution in [3.05, 3.63) is 192 Å². The number of nitriles is 1. The SMILES string of the molecule is [C-]#[N+]/C(C1=Nc2ccccc2C1)=c1\c2c(-c3ccc(Oc4ccc(C=C)cc4)cc3)n(CCCCS(=O)(=O)O)/c(=C(/C#N)C3=Nc4ccccc4C3)c2c(-c2ccc(OCC(CCCCC=C)CCCCC=C)cc2)n1CCCCS(=O)(=O)O. The summed E-state index contributed by atoms with van der Waals surface area (Å²) >= 11 is 0. The van der Waals surface area contributed by atoms with E-state index in [2.05, 4.69) is 30.7 Å². The first-order valence-electron chi connectivity index (χ1n) is 28.7.